The molecular weight excluding hydrogens is 250 g/mol. The van der Waals surface area contributed by atoms with Crippen molar-refractivity contribution in [3.63, 3.8) is 0 Å². The Morgan fingerprint density at radius 1 is 1.39 bits per heavy atom. The monoisotopic (exact) mass is 265 g/mol. The van der Waals surface area contributed by atoms with E-state index in [9.17, 15) is 4.79 Å². The van der Waals surface area contributed by atoms with Gasteiger partial charge in [0, 0.05) is 5.75 Å². The zero-order chi connectivity index (χ0) is 12.5. The van der Waals surface area contributed by atoms with E-state index in [-0.39, 0.29) is 5.56 Å². The zero-order valence-electron chi connectivity index (χ0n) is 10.2. The first kappa shape index (κ1) is 11.7. The second kappa shape index (κ2) is 4.72. The number of H-pyrrole nitrogens is 1. The van der Waals surface area contributed by atoms with Crippen LogP contribution in [-0.4, -0.2) is 30.5 Å². The fourth-order valence-electron chi connectivity index (χ4n) is 2.28. The number of aryl methyl sites for hydroxylation is 1. The maximum absolute atomic E-state index is 11.4. The molecule has 0 atom stereocenters. The van der Waals surface area contributed by atoms with Crippen LogP contribution in [0.3, 0.4) is 0 Å². The van der Waals surface area contributed by atoms with E-state index in [4.69, 9.17) is 0 Å². The number of aromatic amines is 1. The number of nitrogens with one attached hydrogen (secondary N) is 1. The van der Waals surface area contributed by atoms with Gasteiger partial charge in [-0.15, -0.1) is 10.2 Å². The average molecular weight is 265 g/mol. The average Bonchev–Trinajstić information content (AvgIpc) is 2.97. The van der Waals surface area contributed by atoms with Crippen molar-refractivity contribution >= 4 is 17.5 Å². The van der Waals surface area contributed by atoms with Crippen molar-refractivity contribution in [2.24, 2.45) is 5.92 Å². The minimum Gasteiger partial charge on any atom is -0.288 e. The second-order valence-electron chi connectivity index (χ2n) is 4.72. The molecule has 0 bridgehead atoms. The smallest absolute Gasteiger partial charge is 0.273 e. The molecule has 1 aliphatic carbocycles. The third kappa shape index (κ3) is 2.14. The summed E-state index contributed by atoms with van der Waals surface area (Å²) in [5.74, 6) is 2.26. The zero-order valence-corrected chi connectivity index (χ0v) is 11.0. The quantitative estimate of drug-likeness (QED) is 0.849. The second-order valence-corrected chi connectivity index (χ2v) is 5.71. The topological polar surface area (TPSA) is 75.9 Å². The standard InChI is InChI=1S/C11H15N5OS/c1-7-9(17)12-10-13-14-11(16(10)15-7)18-6-8-4-2-3-5-8/h8H,2-6H2,1H3,(H,12,13,17). The van der Waals surface area contributed by atoms with E-state index >= 15 is 0 Å². The van der Waals surface area contributed by atoms with Crippen LogP contribution in [0.15, 0.2) is 9.95 Å². The Kier molecular flexibility index (Phi) is 3.07. The number of fused-ring (bicyclic) bond motifs is 1. The van der Waals surface area contributed by atoms with Crippen LogP contribution in [0.1, 0.15) is 31.4 Å². The van der Waals surface area contributed by atoms with Gasteiger partial charge in [0.2, 0.25) is 5.16 Å². The summed E-state index contributed by atoms with van der Waals surface area (Å²) < 4.78 is 1.62. The minimum absolute atomic E-state index is 0.206. The van der Waals surface area contributed by atoms with Gasteiger partial charge in [-0.3, -0.25) is 9.78 Å². The number of hydrogen-bond acceptors (Lipinski definition) is 5. The van der Waals surface area contributed by atoms with Crippen LogP contribution in [0.25, 0.3) is 5.78 Å². The van der Waals surface area contributed by atoms with Gasteiger partial charge in [-0.2, -0.15) is 9.61 Å². The van der Waals surface area contributed by atoms with Gasteiger partial charge in [0.25, 0.3) is 11.3 Å². The number of rotatable bonds is 3. The summed E-state index contributed by atoms with van der Waals surface area (Å²) >= 11 is 1.67. The molecular formula is C11H15N5OS. The molecule has 0 spiro atoms. The van der Waals surface area contributed by atoms with Crippen LogP contribution >= 0.6 is 11.8 Å². The SMILES string of the molecule is Cc1nn2c(SCC3CCCC3)nnc2[nH]c1=O. The van der Waals surface area contributed by atoms with Gasteiger partial charge < -0.3 is 0 Å². The Balaban J connectivity index is 1.83. The fraction of sp³-hybridized carbons (Fsp3) is 0.636. The Bertz CT molecular complexity index is 613. The van der Waals surface area contributed by atoms with Crippen LogP contribution < -0.4 is 5.56 Å². The summed E-state index contributed by atoms with van der Waals surface area (Å²) in [5, 5.41) is 13.0. The molecule has 1 aliphatic rings. The molecule has 2 aromatic rings. The lowest BCUT2D eigenvalue weighted by molar-refractivity contribution is 0.621. The van der Waals surface area contributed by atoms with Crippen molar-refractivity contribution in [1.29, 1.82) is 0 Å². The molecule has 0 saturated heterocycles. The summed E-state index contributed by atoms with van der Waals surface area (Å²) in [5.41, 5.74) is 0.229. The van der Waals surface area contributed by atoms with E-state index in [1.54, 1.807) is 23.2 Å². The molecule has 96 valence electrons. The summed E-state index contributed by atoms with van der Waals surface area (Å²) in [6, 6.07) is 0. The molecule has 6 nitrogen and oxygen atoms in total. The van der Waals surface area contributed by atoms with Crippen LogP contribution in [0, 0.1) is 12.8 Å². The Morgan fingerprint density at radius 2 is 2.17 bits per heavy atom. The third-order valence-corrected chi connectivity index (χ3v) is 4.49. The van der Waals surface area contributed by atoms with Gasteiger partial charge in [0.15, 0.2) is 0 Å². The number of hydrogen-bond donors (Lipinski definition) is 1. The number of nitrogens with zero attached hydrogens (tertiary/aromatic N) is 4. The van der Waals surface area contributed by atoms with Gasteiger partial charge in [0.1, 0.15) is 5.69 Å². The molecule has 1 saturated carbocycles. The molecule has 0 amide bonds. The molecule has 2 heterocycles. The van der Waals surface area contributed by atoms with Crippen molar-refractivity contribution < 1.29 is 0 Å². The van der Waals surface area contributed by atoms with Gasteiger partial charge in [-0.05, 0) is 25.7 Å². The molecule has 18 heavy (non-hydrogen) atoms. The number of thioether (sulfide) groups is 1. The minimum atomic E-state index is -0.206. The van der Waals surface area contributed by atoms with Gasteiger partial charge in [-0.25, -0.2) is 0 Å². The maximum Gasteiger partial charge on any atom is 0.273 e. The van der Waals surface area contributed by atoms with Gasteiger partial charge in [-0.1, -0.05) is 24.6 Å². The lowest BCUT2D eigenvalue weighted by Crippen LogP contribution is -2.15. The summed E-state index contributed by atoms with van der Waals surface area (Å²) in [6.45, 7) is 1.68. The first-order valence-corrected chi connectivity index (χ1v) is 7.18. The Morgan fingerprint density at radius 3 is 2.94 bits per heavy atom. The van der Waals surface area contributed by atoms with Crippen LogP contribution in [0.5, 0.6) is 0 Å². The molecule has 0 radical (unpaired) electrons. The maximum atomic E-state index is 11.4. The molecule has 0 unspecified atom stereocenters. The van der Waals surface area contributed by atoms with Crippen molar-refractivity contribution in [2.45, 2.75) is 37.8 Å². The highest BCUT2D eigenvalue weighted by Gasteiger charge is 2.17. The summed E-state index contributed by atoms with van der Waals surface area (Å²) in [6.07, 6.45) is 5.31. The van der Waals surface area contributed by atoms with Crippen molar-refractivity contribution in [2.75, 3.05) is 5.75 Å². The molecule has 1 fully saturated rings. The molecule has 0 aliphatic heterocycles. The molecule has 0 aromatic carbocycles. The van der Waals surface area contributed by atoms with Gasteiger partial charge in [0.05, 0.1) is 0 Å². The van der Waals surface area contributed by atoms with E-state index in [1.165, 1.54) is 25.7 Å². The van der Waals surface area contributed by atoms with Crippen LogP contribution in [0.2, 0.25) is 0 Å². The van der Waals surface area contributed by atoms with E-state index < -0.39 is 0 Å². The largest absolute Gasteiger partial charge is 0.288 e. The molecule has 3 rings (SSSR count). The van der Waals surface area contributed by atoms with E-state index in [1.807, 2.05) is 0 Å². The Labute approximate surface area is 108 Å². The van der Waals surface area contributed by atoms with Crippen molar-refractivity contribution in [1.82, 2.24) is 24.8 Å². The van der Waals surface area contributed by atoms with E-state index in [2.05, 4.69) is 20.3 Å². The summed E-state index contributed by atoms with van der Waals surface area (Å²) in [4.78, 5) is 14.1. The normalized spacial score (nSPS) is 16.7. The van der Waals surface area contributed by atoms with Crippen LogP contribution in [-0.2, 0) is 0 Å². The lowest BCUT2D eigenvalue weighted by atomic mass is 10.1. The lowest BCUT2D eigenvalue weighted by Gasteiger charge is -2.06. The van der Waals surface area contributed by atoms with Crippen LogP contribution in [0.4, 0.5) is 0 Å². The molecule has 2 aromatic heterocycles. The first-order chi connectivity index (χ1) is 8.74. The summed E-state index contributed by atoms with van der Waals surface area (Å²) in [7, 11) is 0. The van der Waals surface area contributed by atoms with Gasteiger partial charge >= 0.3 is 0 Å². The highest BCUT2D eigenvalue weighted by molar-refractivity contribution is 7.99. The number of aromatic nitrogens is 5. The third-order valence-electron chi connectivity index (χ3n) is 3.34. The first-order valence-electron chi connectivity index (χ1n) is 6.19. The van der Waals surface area contributed by atoms with Crippen molar-refractivity contribution in [3.05, 3.63) is 16.0 Å². The van der Waals surface area contributed by atoms with E-state index in [0.29, 0.717) is 11.5 Å². The Hall–Kier alpha value is -1.37. The van der Waals surface area contributed by atoms with Crippen molar-refractivity contribution in [3.8, 4) is 0 Å². The highest BCUT2D eigenvalue weighted by Crippen LogP contribution is 2.30. The predicted molar refractivity (Wildman–Crippen MR) is 68.8 cm³/mol. The predicted octanol–water partition coefficient (Wildman–Crippen LogP) is 1.40. The molecule has 7 heteroatoms. The van der Waals surface area contributed by atoms with E-state index in [0.717, 1.165) is 16.8 Å². The fourth-order valence-corrected chi connectivity index (χ4v) is 3.35. The highest BCUT2D eigenvalue weighted by atomic mass is 32.2. The molecule has 1 N–H and O–H groups in total.